The molecule has 0 saturated carbocycles. The van der Waals surface area contributed by atoms with Crippen molar-refractivity contribution in [3.63, 3.8) is 0 Å². The topological polar surface area (TPSA) is 92.8 Å². The molecule has 0 spiro atoms. The van der Waals surface area contributed by atoms with Crippen molar-refractivity contribution in [1.82, 2.24) is 0 Å². The van der Waals surface area contributed by atoms with Gasteiger partial charge < -0.3 is 10.1 Å². The van der Waals surface area contributed by atoms with E-state index in [9.17, 15) is 18.0 Å². The summed E-state index contributed by atoms with van der Waals surface area (Å²) >= 11 is 0. The number of esters is 1. The van der Waals surface area contributed by atoms with Crippen LogP contribution in [0.25, 0.3) is 0 Å². The second-order valence-corrected chi connectivity index (χ2v) is 8.82. The van der Waals surface area contributed by atoms with E-state index in [0.717, 1.165) is 21.7 Å². The molecule has 0 heterocycles. The van der Waals surface area contributed by atoms with Crippen LogP contribution in [0.3, 0.4) is 0 Å². The van der Waals surface area contributed by atoms with E-state index in [1.165, 1.54) is 14.0 Å². The quantitative estimate of drug-likeness (QED) is 0.727. The minimum absolute atomic E-state index is 0.326. The lowest BCUT2D eigenvalue weighted by atomic mass is 10.1. The number of amides is 1. The lowest BCUT2D eigenvalue weighted by Crippen LogP contribution is -2.45. The van der Waals surface area contributed by atoms with E-state index in [2.05, 4.69) is 5.32 Å². The van der Waals surface area contributed by atoms with Crippen molar-refractivity contribution in [3.8, 4) is 0 Å². The normalized spacial score (nSPS) is 12.2. The summed E-state index contributed by atoms with van der Waals surface area (Å²) in [5.41, 5.74) is 3.64. The molecule has 0 aliphatic heterocycles. The van der Waals surface area contributed by atoms with Crippen LogP contribution in [0, 0.1) is 20.8 Å². The third-order valence-electron chi connectivity index (χ3n) is 4.83. The summed E-state index contributed by atoms with van der Waals surface area (Å²) in [5, 5.41) is 2.72. The number of carbonyl (C=O) groups excluding carboxylic acids is 2. The zero-order chi connectivity index (χ0) is 21.9. The summed E-state index contributed by atoms with van der Waals surface area (Å²) in [4.78, 5) is 24.8. The Morgan fingerprint density at radius 1 is 1.07 bits per heavy atom. The van der Waals surface area contributed by atoms with Gasteiger partial charge in [0, 0.05) is 5.69 Å². The Hall–Kier alpha value is -2.87. The number of ether oxygens (including phenoxy) is 1. The van der Waals surface area contributed by atoms with E-state index in [1.807, 2.05) is 19.9 Å². The van der Waals surface area contributed by atoms with Crippen molar-refractivity contribution in [2.75, 3.05) is 23.0 Å². The van der Waals surface area contributed by atoms with Crippen LogP contribution < -0.4 is 9.62 Å². The molecule has 7 nitrogen and oxygen atoms in total. The highest BCUT2D eigenvalue weighted by Crippen LogP contribution is 2.25. The van der Waals surface area contributed by atoms with Crippen molar-refractivity contribution in [1.29, 1.82) is 0 Å². The van der Waals surface area contributed by atoms with Gasteiger partial charge in [-0.15, -0.1) is 0 Å². The minimum Gasteiger partial charge on any atom is -0.465 e. The van der Waals surface area contributed by atoms with Crippen molar-refractivity contribution in [3.05, 3.63) is 58.7 Å². The maximum absolute atomic E-state index is 12.9. The Bertz CT molecular complexity index is 1050. The molecule has 29 heavy (non-hydrogen) atoms. The van der Waals surface area contributed by atoms with E-state index >= 15 is 0 Å². The minimum atomic E-state index is -3.72. The number of hydrogen-bond acceptors (Lipinski definition) is 5. The van der Waals surface area contributed by atoms with Gasteiger partial charge in [-0.05, 0) is 68.7 Å². The summed E-state index contributed by atoms with van der Waals surface area (Å²) in [7, 11) is -2.44. The predicted octanol–water partition coefficient (Wildman–Crippen LogP) is 3.19. The van der Waals surface area contributed by atoms with Crippen LogP contribution in [0.1, 0.15) is 34.0 Å². The SMILES string of the molecule is COC(=O)c1cccc(NC(=O)[C@H](C)N(c2ccc(C)c(C)c2)S(C)(=O)=O)c1C. The van der Waals surface area contributed by atoms with E-state index in [-0.39, 0.29) is 0 Å². The van der Waals surface area contributed by atoms with Crippen LogP contribution in [0.4, 0.5) is 11.4 Å². The first-order valence-electron chi connectivity index (χ1n) is 9.02. The number of carbonyl (C=O) groups is 2. The van der Waals surface area contributed by atoms with Crippen LogP contribution in [0.2, 0.25) is 0 Å². The first-order chi connectivity index (χ1) is 13.5. The Balaban J connectivity index is 2.38. The molecule has 0 fully saturated rings. The summed E-state index contributed by atoms with van der Waals surface area (Å²) in [6.45, 7) is 7.01. The van der Waals surface area contributed by atoms with Gasteiger partial charge >= 0.3 is 5.97 Å². The maximum atomic E-state index is 12.9. The molecule has 0 unspecified atom stereocenters. The highest BCUT2D eigenvalue weighted by atomic mass is 32.2. The van der Waals surface area contributed by atoms with Gasteiger partial charge in [0.05, 0.1) is 24.6 Å². The predicted molar refractivity (Wildman–Crippen MR) is 114 cm³/mol. The summed E-state index contributed by atoms with van der Waals surface area (Å²) in [6, 6.07) is 9.09. The zero-order valence-corrected chi connectivity index (χ0v) is 18.3. The van der Waals surface area contributed by atoms with Crippen LogP contribution in [-0.2, 0) is 19.6 Å². The van der Waals surface area contributed by atoms with Gasteiger partial charge in [0.15, 0.2) is 0 Å². The molecule has 0 aliphatic rings. The van der Waals surface area contributed by atoms with Crippen LogP contribution in [0.5, 0.6) is 0 Å². The van der Waals surface area contributed by atoms with Crippen molar-refractivity contribution in [2.24, 2.45) is 0 Å². The Morgan fingerprint density at radius 2 is 1.72 bits per heavy atom. The first kappa shape index (κ1) is 22.4. The monoisotopic (exact) mass is 418 g/mol. The second-order valence-electron chi connectivity index (χ2n) is 6.96. The first-order valence-corrected chi connectivity index (χ1v) is 10.9. The number of aryl methyl sites for hydroxylation is 2. The molecular formula is C21H26N2O5S. The van der Waals surface area contributed by atoms with Gasteiger partial charge in [0.1, 0.15) is 6.04 Å². The fraction of sp³-hybridized carbons (Fsp3) is 0.333. The van der Waals surface area contributed by atoms with Crippen molar-refractivity contribution >= 4 is 33.3 Å². The molecule has 1 atom stereocenters. The molecule has 156 valence electrons. The van der Waals surface area contributed by atoms with E-state index < -0.39 is 27.9 Å². The standard InChI is InChI=1S/C21H26N2O5S/c1-13-10-11-17(12-14(13)2)23(29(6,26)27)16(4)20(24)22-19-9-7-8-18(15(19)3)21(25)28-5/h7-12,16H,1-6H3,(H,22,24)/t16-/m0/s1. The van der Waals surface area contributed by atoms with Gasteiger partial charge in [0.25, 0.3) is 0 Å². The number of nitrogens with zero attached hydrogens (tertiary/aromatic N) is 1. The number of hydrogen-bond donors (Lipinski definition) is 1. The summed E-state index contributed by atoms with van der Waals surface area (Å²) in [6.07, 6.45) is 1.06. The molecule has 0 aliphatic carbocycles. The average Bonchev–Trinajstić information content (AvgIpc) is 2.64. The van der Waals surface area contributed by atoms with Gasteiger partial charge in [-0.3, -0.25) is 9.10 Å². The Morgan fingerprint density at radius 3 is 2.28 bits per heavy atom. The maximum Gasteiger partial charge on any atom is 0.338 e. The number of benzene rings is 2. The third-order valence-corrected chi connectivity index (χ3v) is 6.07. The van der Waals surface area contributed by atoms with Gasteiger partial charge in [0.2, 0.25) is 15.9 Å². The molecule has 2 aromatic rings. The molecule has 1 amide bonds. The van der Waals surface area contributed by atoms with Gasteiger partial charge in [-0.1, -0.05) is 12.1 Å². The number of methoxy groups -OCH3 is 1. The average molecular weight is 419 g/mol. The van der Waals surface area contributed by atoms with Gasteiger partial charge in [-0.2, -0.15) is 0 Å². The molecule has 0 saturated heterocycles. The van der Waals surface area contributed by atoms with Gasteiger partial charge in [-0.25, -0.2) is 13.2 Å². The Labute approximate surface area is 171 Å². The molecule has 0 radical (unpaired) electrons. The molecule has 1 N–H and O–H groups in total. The van der Waals surface area contributed by atoms with E-state index in [4.69, 9.17) is 4.74 Å². The van der Waals surface area contributed by atoms with E-state index in [0.29, 0.717) is 22.5 Å². The molecular weight excluding hydrogens is 392 g/mol. The van der Waals surface area contributed by atoms with Crippen LogP contribution in [-0.4, -0.2) is 39.7 Å². The smallest absolute Gasteiger partial charge is 0.338 e. The highest BCUT2D eigenvalue weighted by molar-refractivity contribution is 7.92. The molecule has 0 aromatic heterocycles. The molecule has 8 heteroatoms. The summed E-state index contributed by atoms with van der Waals surface area (Å²) < 4.78 is 30.8. The number of rotatable bonds is 6. The zero-order valence-electron chi connectivity index (χ0n) is 17.4. The number of anilines is 2. The lowest BCUT2D eigenvalue weighted by Gasteiger charge is -2.29. The molecule has 0 bridgehead atoms. The van der Waals surface area contributed by atoms with E-state index in [1.54, 1.807) is 37.3 Å². The highest BCUT2D eigenvalue weighted by Gasteiger charge is 2.29. The van der Waals surface area contributed by atoms with Crippen molar-refractivity contribution in [2.45, 2.75) is 33.7 Å². The molecule has 2 rings (SSSR count). The number of sulfonamides is 1. The fourth-order valence-electron chi connectivity index (χ4n) is 3.01. The third kappa shape index (κ3) is 4.95. The summed E-state index contributed by atoms with van der Waals surface area (Å²) in [5.74, 6) is -1.03. The Kier molecular flexibility index (Phi) is 6.69. The van der Waals surface area contributed by atoms with Crippen molar-refractivity contribution < 1.29 is 22.7 Å². The fourth-order valence-corrected chi connectivity index (χ4v) is 4.18. The second kappa shape index (κ2) is 8.65. The van der Waals surface area contributed by atoms with Crippen LogP contribution in [0.15, 0.2) is 36.4 Å². The largest absolute Gasteiger partial charge is 0.465 e. The number of nitrogens with one attached hydrogen (secondary N) is 1. The molecule has 2 aromatic carbocycles. The van der Waals surface area contributed by atoms with Crippen LogP contribution >= 0.6 is 0 Å². The lowest BCUT2D eigenvalue weighted by molar-refractivity contribution is -0.116.